The standard InChI is InChI=1S/C22H18ClN3O2/c23-18-3-1-2-4-20(18)26-21-11-15(14-5-6-14)7-9-17(21)19(25-22(26)27)10-8-16-12-24-13-28-16/h1-4,7,9,11-14H,5-6,8,10H2. The summed E-state index contributed by atoms with van der Waals surface area (Å²) in [6.07, 6.45) is 6.75. The Morgan fingerprint density at radius 3 is 2.75 bits per heavy atom. The molecule has 0 aliphatic heterocycles. The van der Waals surface area contributed by atoms with Gasteiger partial charge in [-0.05, 0) is 48.9 Å². The molecule has 0 saturated heterocycles. The number of aryl methyl sites for hydroxylation is 2. The second-order valence-electron chi connectivity index (χ2n) is 7.15. The largest absolute Gasteiger partial charge is 0.449 e. The van der Waals surface area contributed by atoms with Crippen LogP contribution in [0.2, 0.25) is 5.02 Å². The maximum Gasteiger partial charge on any atom is 0.352 e. The zero-order valence-corrected chi connectivity index (χ0v) is 15.9. The number of benzene rings is 2. The third-order valence-electron chi connectivity index (χ3n) is 5.23. The maximum atomic E-state index is 13.0. The van der Waals surface area contributed by atoms with Crippen LogP contribution in [0.25, 0.3) is 16.6 Å². The quantitative estimate of drug-likeness (QED) is 0.495. The van der Waals surface area contributed by atoms with Crippen LogP contribution in [0, 0.1) is 0 Å². The Balaban J connectivity index is 1.69. The highest BCUT2D eigenvalue weighted by molar-refractivity contribution is 6.32. The van der Waals surface area contributed by atoms with E-state index in [1.54, 1.807) is 16.8 Å². The van der Waals surface area contributed by atoms with Gasteiger partial charge in [0.05, 0.1) is 28.1 Å². The average Bonchev–Trinajstić information content (AvgIpc) is 3.42. The number of halogens is 1. The fourth-order valence-electron chi connectivity index (χ4n) is 3.64. The second-order valence-corrected chi connectivity index (χ2v) is 7.55. The van der Waals surface area contributed by atoms with E-state index in [9.17, 15) is 4.79 Å². The van der Waals surface area contributed by atoms with Gasteiger partial charge < -0.3 is 4.42 Å². The molecule has 0 atom stereocenters. The summed E-state index contributed by atoms with van der Waals surface area (Å²) in [4.78, 5) is 21.4. The van der Waals surface area contributed by atoms with Crippen LogP contribution in [-0.2, 0) is 12.8 Å². The summed E-state index contributed by atoms with van der Waals surface area (Å²) in [5, 5.41) is 1.49. The molecule has 1 aliphatic carbocycles. The van der Waals surface area contributed by atoms with Crippen molar-refractivity contribution in [1.29, 1.82) is 0 Å². The van der Waals surface area contributed by atoms with Gasteiger partial charge in [-0.15, -0.1) is 0 Å². The Kier molecular flexibility index (Phi) is 4.24. The minimum Gasteiger partial charge on any atom is -0.449 e. The number of aromatic nitrogens is 3. The molecule has 0 spiro atoms. The van der Waals surface area contributed by atoms with Crippen molar-refractivity contribution < 1.29 is 4.42 Å². The van der Waals surface area contributed by atoms with Gasteiger partial charge in [0, 0.05) is 11.8 Å². The highest BCUT2D eigenvalue weighted by Gasteiger charge is 2.24. The predicted molar refractivity (Wildman–Crippen MR) is 108 cm³/mol. The van der Waals surface area contributed by atoms with Crippen molar-refractivity contribution in [2.45, 2.75) is 31.6 Å². The smallest absolute Gasteiger partial charge is 0.352 e. The van der Waals surface area contributed by atoms with Crippen LogP contribution in [0.5, 0.6) is 0 Å². The Hall–Kier alpha value is -2.92. The number of fused-ring (bicyclic) bond motifs is 1. The van der Waals surface area contributed by atoms with E-state index < -0.39 is 0 Å². The minimum atomic E-state index is -0.318. The van der Waals surface area contributed by atoms with Crippen LogP contribution in [-0.4, -0.2) is 14.5 Å². The number of para-hydroxylation sites is 1. The molecule has 0 unspecified atom stereocenters. The molecule has 0 radical (unpaired) electrons. The number of hydrogen-bond donors (Lipinski definition) is 0. The van der Waals surface area contributed by atoms with E-state index >= 15 is 0 Å². The lowest BCUT2D eigenvalue weighted by Crippen LogP contribution is -2.24. The maximum absolute atomic E-state index is 13.0. The van der Waals surface area contributed by atoms with Crippen molar-refractivity contribution >= 4 is 22.5 Å². The van der Waals surface area contributed by atoms with Crippen LogP contribution >= 0.6 is 11.6 Å². The van der Waals surface area contributed by atoms with Crippen molar-refractivity contribution in [3.8, 4) is 5.69 Å². The van der Waals surface area contributed by atoms with Gasteiger partial charge >= 0.3 is 5.69 Å². The lowest BCUT2D eigenvalue weighted by atomic mass is 10.0. The number of hydrogen-bond acceptors (Lipinski definition) is 4. The van der Waals surface area contributed by atoms with Gasteiger partial charge in [0.1, 0.15) is 5.76 Å². The summed E-state index contributed by atoms with van der Waals surface area (Å²) < 4.78 is 6.95. The van der Waals surface area contributed by atoms with Crippen LogP contribution in [0.4, 0.5) is 0 Å². The van der Waals surface area contributed by atoms with Crippen molar-refractivity contribution in [3.05, 3.63) is 87.6 Å². The van der Waals surface area contributed by atoms with Crippen LogP contribution < -0.4 is 5.69 Å². The highest BCUT2D eigenvalue weighted by Crippen LogP contribution is 2.41. The Morgan fingerprint density at radius 1 is 1.14 bits per heavy atom. The van der Waals surface area contributed by atoms with Crippen molar-refractivity contribution in [2.75, 3.05) is 0 Å². The number of rotatable bonds is 5. The molecule has 1 fully saturated rings. The Morgan fingerprint density at radius 2 is 2.00 bits per heavy atom. The molecule has 2 aromatic heterocycles. The first kappa shape index (κ1) is 17.2. The molecule has 4 aromatic rings. The van der Waals surface area contributed by atoms with Gasteiger partial charge in [0.2, 0.25) is 0 Å². The third-order valence-corrected chi connectivity index (χ3v) is 5.55. The molecule has 2 heterocycles. The number of nitrogens with zero attached hydrogens (tertiary/aromatic N) is 3. The van der Waals surface area contributed by atoms with E-state index in [0.29, 0.717) is 29.5 Å². The molecule has 1 aliphatic rings. The molecule has 2 aromatic carbocycles. The van der Waals surface area contributed by atoms with E-state index in [1.807, 2.05) is 18.2 Å². The normalized spacial score (nSPS) is 13.9. The Labute approximate surface area is 166 Å². The number of oxazole rings is 1. The molecule has 6 heteroatoms. The van der Waals surface area contributed by atoms with Crippen molar-refractivity contribution in [3.63, 3.8) is 0 Å². The first-order valence-corrected chi connectivity index (χ1v) is 9.76. The van der Waals surface area contributed by atoms with Gasteiger partial charge in [-0.1, -0.05) is 35.9 Å². The average molecular weight is 392 g/mol. The zero-order chi connectivity index (χ0) is 19.1. The molecule has 0 amide bonds. The van der Waals surface area contributed by atoms with Crippen LogP contribution in [0.15, 0.2) is 64.3 Å². The van der Waals surface area contributed by atoms with E-state index in [1.165, 1.54) is 24.8 Å². The monoisotopic (exact) mass is 391 g/mol. The predicted octanol–water partition coefficient (Wildman–Crippen LogP) is 4.69. The molecular weight excluding hydrogens is 374 g/mol. The third kappa shape index (κ3) is 3.12. The van der Waals surface area contributed by atoms with Crippen molar-refractivity contribution in [1.82, 2.24) is 14.5 Å². The lowest BCUT2D eigenvalue weighted by molar-refractivity contribution is 0.502. The van der Waals surface area contributed by atoms with Gasteiger partial charge in [-0.3, -0.25) is 4.57 Å². The summed E-state index contributed by atoms with van der Waals surface area (Å²) in [5.41, 5.74) is 3.22. The van der Waals surface area contributed by atoms with Gasteiger partial charge in [0.15, 0.2) is 6.39 Å². The second kappa shape index (κ2) is 6.91. The van der Waals surface area contributed by atoms with E-state index in [4.69, 9.17) is 16.0 Å². The molecule has 0 N–H and O–H groups in total. The summed E-state index contributed by atoms with van der Waals surface area (Å²) in [7, 11) is 0. The van der Waals surface area contributed by atoms with E-state index in [-0.39, 0.29) is 5.69 Å². The zero-order valence-electron chi connectivity index (χ0n) is 15.1. The fourth-order valence-corrected chi connectivity index (χ4v) is 3.86. The summed E-state index contributed by atoms with van der Waals surface area (Å²) in [6.45, 7) is 0. The summed E-state index contributed by atoms with van der Waals surface area (Å²) >= 11 is 6.41. The molecule has 140 valence electrons. The van der Waals surface area contributed by atoms with Gasteiger partial charge in [0.25, 0.3) is 0 Å². The SMILES string of the molecule is O=c1nc(CCc2cnco2)c2ccc(C3CC3)cc2n1-c1ccccc1Cl. The molecule has 5 nitrogen and oxygen atoms in total. The van der Waals surface area contributed by atoms with E-state index in [0.717, 1.165) is 22.4 Å². The van der Waals surface area contributed by atoms with Gasteiger partial charge in [-0.25, -0.2) is 9.78 Å². The van der Waals surface area contributed by atoms with E-state index in [2.05, 4.69) is 28.2 Å². The molecule has 1 saturated carbocycles. The molecular formula is C22H18ClN3O2. The molecule has 0 bridgehead atoms. The molecule has 5 rings (SSSR count). The fraction of sp³-hybridized carbons (Fsp3) is 0.227. The van der Waals surface area contributed by atoms with Crippen LogP contribution in [0.3, 0.4) is 0 Å². The topological polar surface area (TPSA) is 60.9 Å². The van der Waals surface area contributed by atoms with Crippen LogP contribution in [0.1, 0.15) is 35.8 Å². The van der Waals surface area contributed by atoms with Gasteiger partial charge in [-0.2, -0.15) is 4.98 Å². The Bertz CT molecular complexity index is 1210. The first-order valence-electron chi connectivity index (χ1n) is 9.38. The first-order chi connectivity index (χ1) is 13.7. The van der Waals surface area contributed by atoms with Crippen molar-refractivity contribution in [2.24, 2.45) is 0 Å². The summed E-state index contributed by atoms with van der Waals surface area (Å²) in [5.74, 6) is 1.37. The summed E-state index contributed by atoms with van der Waals surface area (Å²) in [6, 6.07) is 13.7. The lowest BCUT2D eigenvalue weighted by Gasteiger charge is -2.15. The highest BCUT2D eigenvalue weighted by atomic mass is 35.5. The molecule has 28 heavy (non-hydrogen) atoms. The minimum absolute atomic E-state index is 0.318.